The number of carbonyl (C=O) groups is 1. The Morgan fingerprint density at radius 1 is 1.30 bits per heavy atom. The van der Waals surface area contributed by atoms with Gasteiger partial charge in [-0.05, 0) is 6.07 Å². The highest BCUT2D eigenvalue weighted by molar-refractivity contribution is 6.06. The lowest BCUT2D eigenvalue weighted by molar-refractivity contribution is 0.0683. The number of carbonyl (C=O) groups excluding carboxylic acids is 1. The fourth-order valence-electron chi connectivity index (χ4n) is 2.28. The SMILES string of the molecule is CN(C(=O)c1cc(=O)[nH]c2ccccc12)C1CNC1.Cl. The van der Waals surface area contributed by atoms with E-state index in [0.717, 1.165) is 18.5 Å². The summed E-state index contributed by atoms with van der Waals surface area (Å²) in [4.78, 5) is 28.6. The Bertz CT molecular complexity index is 694. The number of para-hydroxylation sites is 1. The molecule has 0 atom stereocenters. The van der Waals surface area contributed by atoms with Gasteiger partial charge in [-0.2, -0.15) is 0 Å². The molecule has 0 radical (unpaired) electrons. The molecule has 0 unspecified atom stereocenters. The van der Waals surface area contributed by atoms with Crippen molar-refractivity contribution in [2.75, 3.05) is 20.1 Å². The predicted octanol–water partition coefficient (Wildman–Crippen LogP) is 0.994. The number of fused-ring (bicyclic) bond motifs is 1. The molecule has 2 N–H and O–H groups in total. The number of nitrogens with one attached hydrogen (secondary N) is 2. The number of aromatic amines is 1. The molecular formula is C14H16ClN3O2. The fraction of sp³-hybridized carbons (Fsp3) is 0.286. The molecule has 1 aromatic carbocycles. The number of nitrogens with zero attached hydrogens (tertiary/aromatic N) is 1. The zero-order valence-corrected chi connectivity index (χ0v) is 11.9. The quantitative estimate of drug-likeness (QED) is 0.868. The molecule has 0 bridgehead atoms. The third-order valence-electron chi connectivity index (χ3n) is 3.61. The van der Waals surface area contributed by atoms with Crippen molar-refractivity contribution in [3.63, 3.8) is 0 Å². The summed E-state index contributed by atoms with van der Waals surface area (Å²) in [6, 6.07) is 8.96. The minimum Gasteiger partial charge on any atom is -0.336 e. The second-order valence-corrected chi connectivity index (χ2v) is 4.82. The Hall–Kier alpha value is -1.85. The van der Waals surface area contributed by atoms with Crippen molar-refractivity contribution in [3.05, 3.63) is 46.2 Å². The summed E-state index contributed by atoms with van der Waals surface area (Å²) in [5.41, 5.74) is 0.911. The second kappa shape index (κ2) is 5.64. The first-order valence-electron chi connectivity index (χ1n) is 6.27. The van der Waals surface area contributed by atoms with Gasteiger partial charge in [0, 0.05) is 37.1 Å². The van der Waals surface area contributed by atoms with Crippen LogP contribution >= 0.6 is 12.4 Å². The van der Waals surface area contributed by atoms with Gasteiger partial charge in [-0.15, -0.1) is 12.4 Å². The van der Waals surface area contributed by atoms with Gasteiger partial charge >= 0.3 is 0 Å². The van der Waals surface area contributed by atoms with Crippen LogP contribution in [0.1, 0.15) is 10.4 Å². The Kier molecular flexibility index (Phi) is 4.11. The average Bonchev–Trinajstić information content (AvgIpc) is 2.34. The summed E-state index contributed by atoms with van der Waals surface area (Å²) < 4.78 is 0. The molecule has 1 aliphatic rings. The summed E-state index contributed by atoms with van der Waals surface area (Å²) in [6.07, 6.45) is 0. The van der Waals surface area contributed by atoms with E-state index < -0.39 is 0 Å². The van der Waals surface area contributed by atoms with E-state index in [9.17, 15) is 9.59 Å². The van der Waals surface area contributed by atoms with Crippen molar-refractivity contribution in [1.82, 2.24) is 15.2 Å². The molecule has 1 amide bonds. The van der Waals surface area contributed by atoms with E-state index >= 15 is 0 Å². The number of benzene rings is 1. The van der Waals surface area contributed by atoms with E-state index in [4.69, 9.17) is 0 Å². The monoisotopic (exact) mass is 293 g/mol. The maximum Gasteiger partial charge on any atom is 0.254 e. The van der Waals surface area contributed by atoms with E-state index in [-0.39, 0.29) is 29.9 Å². The molecule has 20 heavy (non-hydrogen) atoms. The number of H-pyrrole nitrogens is 1. The third-order valence-corrected chi connectivity index (χ3v) is 3.61. The third kappa shape index (κ3) is 2.42. The molecule has 1 aliphatic heterocycles. The molecule has 0 spiro atoms. The van der Waals surface area contributed by atoms with Crippen LogP contribution in [0.15, 0.2) is 35.1 Å². The highest BCUT2D eigenvalue weighted by atomic mass is 35.5. The first-order chi connectivity index (χ1) is 9.16. The van der Waals surface area contributed by atoms with Gasteiger partial charge in [-0.25, -0.2) is 0 Å². The topological polar surface area (TPSA) is 65.2 Å². The summed E-state index contributed by atoms with van der Waals surface area (Å²) in [7, 11) is 1.78. The lowest BCUT2D eigenvalue weighted by Gasteiger charge is -2.35. The van der Waals surface area contributed by atoms with Gasteiger partial charge in [0.05, 0.1) is 11.6 Å². The van der Waals surface area contributed by atoms with Crippen molar-refractivity contribution >= 4 is 29.2 Å². The predicted molar refractivity (Wildman–Crippen MR) is 80.6 cm³/mol. The van der Waals surface area contributed by atoms with Gasteiger partial charge in [0.15, 0.2) is 0 Å². The van der Waals surface area contributed by atoms with E-state index in [1.54, 1.807) is 18.0 Å². The maximum absolute atomic E-state index is 12.5. The van der Waals surface area contributed by atoms with Crippen LogP contribution in [0.4, 0.5) is 0 Å². The van der Waals surface area contributed by atoms with Crippen LogP contribution < -0.4 is 10.9 Å². The normalized spacial score (nSPS) is 14.4. The van der Waals surface area contributed by atoms with Crippen molar-refractivity contribution < 1.29 is 4.79 Å². The van der Waals surface area contributed by atoms with Crippen LogP contribution in [0.25, 0.3) is 10.9 Å². The molecule has 1 fully saturated rings. The first-order valence-corrected chi connectivity index (χ1v) is 6.27. The van der Waals surface area contributed by atoms with Crippen LogP contribution in [0.5, 0.6) is 0 Å². The molecule has 1 saturated heterocycles. The summed E-state index contributed by atoms with van der Waals surface area (Å²) in [5.74, 6) is -0.103. The minimum absolute atomic E-state index is 0. The molecule has 0 saturated carbocycles. The van der Waals surface area contributed by atoms with Gasteiger partial charge < -0.3 is 15.2 Å². The number of likely N-dealkylation sites (N-methyl/N-ethyl adjacent to an activating group) is 1. The van der Waals surface area contributed by atoms with Gasteiger partial charge in [-0.3, -0.25) is 9.59 Å². The number of rotatable bonds is 2. The van der Waals surface area contributed by atoms with E-state index in [2.05, 4.69) is 10.3 Å². The minimum atomic E-state index is -0.248. The number of amides is 1. The molecule has 5 nitrogen and oxygen atoms in total. The fourth-order valence-corrected chi connectivity index (χ4v) is 2.28. The van der Waals surface area contributed by atoms with Gasteiger partial charge in [0.2, 0.25) is 5.56 Å². The van der Waals surface area contributed by atoms with Crippen LogP contribution in [0.3, 0.4) is 0 Å². The molecule has 3 rings (SSSR count). The van der Waals surface area contributed by atoms with Gasteiger partial charge in [0.1, 0.15) is 0 Å². The number of halogens is 1. The van der Waals surface area contributed by atoms with Crippen molar-refractivity contribution in [2.45, 2.75) is 6.04 Å². The average molecular weight is 294 g/mol. The molecular weight excluding hydrogens is 278 g/mol. The molecule has 2 heterocycles. The Morgan fingerprint density at radius 2 is 2.00 bits per heavy atom. The number of hydrogen-bond donors (Lipinski definition) is 2. The van der Waals surface area contributed by atoms with Crippen LogP contribution in [-0.2, 0) is 0 Å². The molecule has 6 heteroatoms. The van der Waals surface area contributed by atoms with Crippen LogP contribution in [-0.4, -0.2) is 42.0 Å². The first kappa shape index (κ1) is 14.6. The molecule has 2 aromatic rings. The highest BCUT2D eigenvalue weighted by Crippen LogP contribution is 2.17. The molecule has 106 valence electrons. The van der Waals surface area contributed by atoms with Gasteiger partial charge in [0.25, 0.3) is 5.91 Å². The summed E-state index contributed by atoms with van der Waals surface area (Å²) in [5, 5.41) is 3.92. The smallest absolute Gasteiger partial charge is 0.254 e. The van der Waals surface area contributed by atoms with Crippen molar-refractivity contribution in [3.8, 4) is 0 Å². The number of aromatic nitrogens is 1. The van der Waals surface area contributed by atoms with Crippen molar-refractivity contribution in [1.29, 1.82) is 0 Å². The summed E-state index contributed by atoms with van der Waals surface area (Å²) >= 11 is 0. The highest BCUT2D eigenvalue weighted by Gasteiger charge is 2.27. The molecule has 1 aromatic heterocycles. The molecule has 0 aliphatic carbocycles. The Morgan fingerprint density at radius 3 is 2.65 bits per heavy atom. The van der Waals surface area contributed by atoms with E-state index in [1.165, 1.54) is 6.07 Å². The number of pyridine rings is 1. The standard InChI is InChI=1S/C14H15N3O2.ClH/c1-17(9-7-15-8-9)14(19)11-6-13(18)16-12-5-3-2-4-10(11)12;/h2-6,9,15H,7-8H2,1H3,(H,16,18);1H. The van der Waals surface area contributed by atoms with E-state index in [1.807, 2.05) is 18.2 Å². The van der Waals surface area contributed by atoms with Crippen LogP contribution in [0.2, 0.25) is 0 Å². The Labute approximate surface area is 122 Å². The van der Waals surface area contributed by atoms with Crippen molar-refractivity contribution in [2.24, 2.45) is 0 Å². The summed E-state index contributed by atoms with van der Waals surface area (Å²) in [6.45, 7) is 1.62. The second-order valence-electron chi connectivity index (χ2n) is 4.82. The van der Waals surface area contributed by atoms with Gasteiger partial charge in [-0.1, -0.05) is 18.2 Å². The zero-order valence-electron chi connectivity index (χ0n) is 11.1. The Balaban J connectivity index is 0.00000147. The van der Waals surface area contributed by atoms with E-state index in [0.29, 0.717) is 11.1 Å². The lowest BCUT2D eigenvalue weighted by atomic mass is 10.1. The largest absolute Gasteiger partial charge is 0.336 e. The lowest BCUT2D eigenvalue weighted by Crippen LogP contribution is -2.57. The maximum atomic E-state index is 12.5. The number of hydrogen-bond acceptors (Lipinski definition) is 3. The zero-order chi connectivity index (χ0) is 13.4. The van der Waals surface area contributed by atoms with Crippen LogP contribution in [0, 0.1) is 0 Å².